The molecule has 1 aromatic heterocycles. The van der Waals surface area contributed by atoms with Crippen LogP contribution in [0.15, 0.2) is 6.33 Å². The molecule has 0 saturated heterocycles. The average Bonchev–Trinajstić information content (AvgIpc) is 2.38. The second-order valence-corrected chi connectivity index (χ2v) is 5.36. The number of aromatic nitrogens is 2. The van der Waals surface area contributed by atoms with Gasteiger partial charge in [0.2, 0.25) is 0 Å². The molecular formula is C13H24N4S. The quantitative estimate of drug-likeness (QED) is 0.759. The van der Waals surface area contributed by atoms with E-state index >= 15 is 0 Å². The second kappa shape index (κ2) is 8.19. The van der Waals surface area contributed by atoms with E-state index < -0.39 is 0 Å². The summed E-state index contributed by atoms with van der Waals surface area (Å²) in [7, 11) is 1.91. The first-order valence-electron chi connectivity index (χ1n) is 6.50. The lowest BCUT2D eigenvalue weighted by molar-refractivity contribution is 0.760. The number of hydrogen-bond acceptors (Lipinski definition) is 5. The summed E-state index contributed by atoms with van der Waals surface area (Å²) in [5.41, 5.74) is 1.19. The Balaban J connectivity index is 2.79. The highest BCUT2D eigenvalue weighted by Crippen LogP contribution is 2.22. The predicted molar refractivity (Wildman–Crippen MR) is 81.7 cm³/mol. The third kappa shape index (κ3) is 4.37. The molecule has 4 nitrogen and oxygen atoms in total. The molecule has 5 heteroatoms. The fraction of sp³-hybridized carbons (Fsp3) is 0.692. The first-order valence-corrected chi connectivity index (χ1v) is 7.89. The highest BCUT2D eigenvalue weighted by molar-refractivity contribution is 7.98. The molecule has 1 rings (SSSR count). The Morgan fingerprint density at radius 2 is 2.06 bits per heavy atom. The Morgan fingerprint density at radius 3 is 2.67 bits per heavy atom. The summed E-state index contributed by atoms with van der Waals surface area (Å²) in [6.07, 6.45) is 6.99. The standard InChI is InChI=1S/C13H24N4S/c1-5-6-11-12(14-3)15-9-16-13(11)17-10(2)7-8-18-4/h9-10H,5-8H2,1-4H3,(H2,14,15,16,17). The molecule has 1 heterocycles. The summed E-state index contributed by atoms with van der Waals surface area (Å²) in [5, 5.41) is 6.64. The van der Waals surface area contributed by atoms with Gasteiger partial charge in [0, 0.05) is 18.7 Å². The summed E-state index contributed by atoms with van der Waals surface area (Å²) in [4.78, 5) is 8.66. The van der Waals surface area contributed by atoms with Gasteiger partial charge in [-0.1, -0.05) is 13.3 Å². The van der Waals surface area contributed by atoms with Crippen molar-refractivity contribution in [2.75, 3.05) is 29.7 Å². The van der Waals surface area contributed by atoms with Crippen LogP contribution in [0.2, 0.25) is 0 Å². The van der Waals surface area contributed by atoms with E-state index in [1.165, 1.54) is 11.3 Å². The number of hydrogen-bond donors (Lipinski definition) is 2. The van der Waals surface area contributed by atoms with Gasteiger partial charge in [0.1, 0.15) is 18.0 Å². The minimum absolute atomic E-state index is 0.438. The first-order chi connectivity index (χ1) is 8.72. The molecular weight excluding hydrogens is 244 g/mol. The van der Waals surface area contributed by atoms with Crippen LogP contribution < -0.4 is 10.6 Å². The van der Waals surface area contributed by atoms with Crippen LogP contribution in [-0.4, -0.2) is 35.1 Å². The number of thioether (sulfide) groups is 1. The molecule has 0 fully saturated rings. The van der Waals surface area contributed by atoms with Crippen molar-refractivity contribution in [3.63, 3.8) is 0 Å². The molecule has 0 amide bonds. The molecule has 0 radical (unpaired) electrons. The van der Waals surface area contributed by atoms with Crippen molar-refractivity contribution in [3.8, 4) is 0 Å². The van der Waals surface area contributed by atoms with E-state index in [-0.39, 0.29) is 0 Å². The SMILES string of the molecule is CCCc1c(NC)ncnc1NC(C)CCSC. The Bertz CT molecular complexity index is 357. The zero-order chi connectivity index (χ0) is 13.4. The van der Waals surface area contributed by atoms with E-state index in [1.54, 1.807) is 6.33 Å². The molecule has 0 aromatic carbocycles. The Kier molecular flexibility index (Phi) is 6.86. The number of nitrogens with one attached hydrogen (secondary N) is 2. The van der Waals surface area contributed by atoms with Gasteiger partial charge in [-0.15, -0.1) is 0 Å². The van der Waals surface area contributed by atoms with Crippen molar-refractivity contribution in [1.29, 1.82) is 0 Å². The molecule has 18 heavy (non-hydrogen) atoms. The molecule has 2 N–H and O–H groups in total. The first kappa shape index (κ1) is 15.1. The minimum atomic E-state index is 0.438. The molecule has 0 aliphatic carbocycles. The molecule has 0 aliphatic heterocycles. The fourth-order valence-electron chi connectivity index (χ4n) is 1.84. The average molecular weight is 268 g/mol. The van der Waals surface area contributed by atoms with Crippen LogP contribution >= 0.6 is 11.8 Å². The molecule has 1 atom stereocenters. The third-order valence-electron chi connectivity index (χ3n) is 2.82. The number of nitrogens with zero attached hydrogens (tertiary/aromatic N) is 2. The smallest absolute Gasteiger partial charge is 0.134 e. The lowest BCUT2D eigenvalue weighted by atomic mass is 10.1. The van der Waals surface area contributed by atoms with Gasteiger partial charge in [-0.3, -0.25) is 0 Å². The van der Waals surface area contributed by atoms with E-state index in [0.29, 0.717) is 6.04 Å². The van der Waals surface area contributed by atoms with Gasteiger partial charge in [0.15, 0.2) is 0 Å². The van der Waals surface area contributed by atoms with E-state index in [9.17, 15) is 0 Å². The number of rotatable bonds is 8. The second-order valence-electron chi connectivity index (χ2n) is 4.38. The van der Waals surface area contributed by atoms with Crippen molar-refractivity contribution >= 4 is 23.4 Å². The van der Waals surface area contributed by atoms with Crippen LogP contribution in [0.3, 0.4) is 0 Å². The highest BCUT2D eigenvalue weighted by atomic mass is 32.2. The van der Waals surface area contributed by atoms with Gasteiger partial charge < -0.3 is 10.6 Å². The van der Waals surface area contributed by atoms with Crippen molar-refractivity contribution in [2.24, 2.45) is 0 Å². The third-order valence-corrected chi connectivity index (χ3v) is 3.46. The van der Waals surface area contributed by atoms with Gasteiger partial charge in [-0.2, -0.15) is 11.8 Å². The lowest BCUT2D eigenvalue weighted by Crippen LogP contribution is -2.19. The van der Waals surface area contributed by atoms with E-state index in [0.717, 1.165) is 30.9 Å². The zero-order valence-corrected chi connectivity index (χ0v) is 12.6. The maximum absolute atomic E-state index is 4.38. The molecule has 0 spiro atoms. The van der Waals surface area contributed by atoms with Crippen LogP contribution in [0.5, 0.6) is 0 Å². The van der Waals surface area contributed by atoms with E-state index in [4.69, 9.17) is 0 Å². The summed E-state index contributed by atoms with van der Waals surface area (Å²) in [6.45, 7) is 4.38. The number of anilines is 2. The largest absolute Gasteiger partial charge is 0.373 e. The molecule has 1 aromatic rings. The topological polar surface area (TPSA) is 49.8 Å². The fourth-order valence-corrected chi connectivity index (χ4v) is 2.43. The highest BCUT2D eigenvalue weighted by Gasteiger charge is 2.11. The maximum Gasteiger partial charge on any atom is 0.134 e. The van der Waals surface area contributed by atoms with Crippen molar-refractivity contribution in [3.05, 3.63) is 11.9 Å². The summed E-state index contributed by atoms with van der Waals surface area (Å²) < 4.78 is 0. The van der Waals surface area contributed by atoms with Gasteiger partial charge in [-0.25, -0.2) is 9.97 Å². The van der Waals surface area contributed by atoms with Gasteiger partial charge in [0.25, 0.3) is 0 Å². The van der Waals surface area contributed by atoms with Crippen LogP contribution in [0.4, 0.5) is 11.6 Å². The molecule has 0 saturated carbocycles. The maximum atomic E-state index is 4.38. The predicted octanol–water partition coefficient (Wildman–Crippen LogP) is 3.02. The summed E-state index contributed by atoms with van der Waals surface area (Å²) >= 11 is 1.88. The molecule has 1 unspecified atom stereocenters. The van der Waals surface area contributed by atoms with Crippen LogP contribution in [0, 0.1) is 0 Å². The van der Waals surface area contributed by atoms with E-state index in [2.05, 4.69) is 40.7 Å². The molecule has 0 aliphatic rings. The molecule has 0 bridgehead atoms. The Labute approximate surface area is 114 Å². The van der Waals surface area contributed by atoms with Crippen LogP contribution in [-0.2, 0) is 6.42 Å². The van der Waals surface area contributed by atoms with Crippen molar-refractivity contribution in [2.45, 2.75) is 39.2 Å². The van der Waals surface area contributed by atoms with Gasteiger partial charge in [-0.05, 0) is 31.8 Å². The van der Waals surface area contributed by atoms with Crippen LogP contribution in [0.25, 0.3) is 0 Å². The molecule has 102 valence electrons. The van der Waals surface area contributed by atoms with Crippen molar-refractivity contribution in [1.82, 2.24) is 9.97 Å². The normalized spacial score (nSPS) is 12.2. The lowest BCUT2D eigenvalue weighted by Gasteiger charge is -2.18. The Morgan fingerprint density at radius 1 is 1.33 bits per heavy atom. The zero-order valence-electron chi connectivity index (χ0n) is 11.8. The van der Waals surface area contributed by atoms with Gasteiger partial charge in [0.05, 0.1) is 0 Å². The monoisotopic (exact) mass is 268 g/mol. The minimum Gasteiger partial charge on any atom is -0.373 e. The van der Waals surface area contributed by atoms with Crippen LogP contribution in [0.1, 0.15) is 32.3 Å². The van der Waals surface area contributed by atoms with Crippen molar-refractivity contribution < 1.29 is 0 Å². The van der Waals surface area contributed by atoms with E-state index in [1.807, 2.05) is 18.8 Å². The Hall–Kier alpha value is -0.970. The summed E-state index contributed by atoms with van der Waals surface area (Å²) in [5.74, 6) is 3.08. The summed E-state index contributed by atoms with van der Waals surface area (Å²) in [6, 6.07) is 0.438. The van der Waals surface area contributed by atoms with Gasteiger partial charge >= 0.3 is 0 Å².